The lowest BCUT2D eigenvalue weighted by molar-refractivity contribution is -0.123. The minimum absolute atomic E-state index is 0.0708. The number of H-pyrrole nitrogens is 1. The number of fused-ring (bicyclic) bond motifs is 1. The fourth-order valence-electron chi connectivity index (χ4n) is 6.59. The molecule has 9 heteroatoms. The first-order valence-electron chi connectivity index (χ1n) is 16.8. The number of aromatic amines is 1. The standard InChI is InChI=1S/C27H33N5O2.C10H14N2/c33-26-20-32(13-11-28-26)27(34)21-9-10-25-24(18-21)22(19-29-25)6-4-5-12-30-14-16-31(17-15-30)23-7-2-1-3-8-23;1-2-4-10(5-3-1)12-8-6-11-7-9-12/h1-3,7-10,18-19,29H,4-6,11-17,20H2,(H,28,33);1-5,11H,6-9H2. The maximum absolute atomic E-state index is 12.9. The molecule has 2 amide bonds. The maximum atomic E-state index is 12.9. The van der Waals surface area contributed by atoms with Crippen molar-refractivity contribution in [2.45, 2.75) is 19.3 Å². The molecule has 3 aliphatic heterocycles. The molecule has 7 rings (SSSR count). The molecule has 0 unspecified atom stereocenters. The minimum atomic E-state index is -0.0931. The number of piperazine rings is 3. The number of hydrogen-bond acceptors (Lipinski definition) is 6. The van der Waals surface area contributed by atoms with E-state index in [1.165, 1.54) is 23.4 Å². The van der Waals surface area contributed by atoms with Crippen LogP contribution in [-0.2, 0) is 11.2 Å². The zero-order chi connectivity index (χ0) is 31.6. The summed E-state index contributed by atoms with van der Waals surface area (Å²) in [5, 5.41) is 7.23. The zero-order valence-corrected chi connectivity index (χ0v) is 26.8. The van der Waals surface area contributed by atoms with Crippen molar-refractivity contribution in [1.82, 2.24) is 25.4 Å². The van der Waals surface area contributed by atoms with Crippen LogP contribution in [0.1, 0.15) is 28.8 Å². The van der Waals surface area contributed by atoms with E-state index in [0.717, 1.165) is 82.6 Å². The van der Waals surface area contributed by atoms with Crippen molar-refractivity contribution >= 4 is 34.1 Å². The Balaban J connectivity index is 0.000000259. The zero-order valence-electron chi connectivity index (χ0n) is 26.8. The number of aryl methyl sites for hydroxylation is 1. The number of amides is 2. The van der Waals surface area contributed by atoms with E-state index in [-0.39, 0.29) is 18.4 Å². The van der Waals surface area contributed by atoms with Gasteiger partial charge in [-0.25, -0.2) is 0 Å². The molecule has 3 N–H and O–H groups in total. The highest BCUT2D eigenvalue weighted by Crippen LogP contribution is 2.23. The van der Waals surface area contributed by atoms with Crippen molar-refractivity contribution in [3.63, 3.8) is 0 Å². The molecular formula is C37H47N7O2. The number of nitrogens with one attached hydrogen (secondary N) is 3. The molecule has 4 aromatic rings. The second-order valence-electron chi connectivity index (χ2n) is 12.3. The number of benzene rings is 3. The molecule has 242 valence electrons. The lowest BCUT2D eigenvalue weighted by atomic mass is 10.0. The predicted octanol–water partition coefficient (Wildman–Crippen LogP) is 3.98. The summed E-state index contributed by atoms with van der Waals surface area (Å²) >= 11 is 0. The van der Waals surface area contributed by atoms with Crippen molar-refractivity contribution < 1.29 is 9.59 Å². The molecule has 0 spiro atoms. The first kappa shape index (κ1) is 31.6. The van der Waals surface area contributed by atoms with Crippen LogP contribution in [0.5, 0.6) is 0 Å². The number of carbonyl (C=O) groups is 2. The first-order chi connectivity index (χ1) is 22.6. The topological polar surface area (TPSA) is 87.0 Å². The average Bonchev–Trinajstić information content (AvgIpc) is 3.53. The van der Waals surface area contributed by atoms with Crippen molar-refractivity contribution in [3.05, 3.63) is 96.2 Å². The summed E-state index contributed by atoms with van der Waals surface area (Å²) in [6.07, 6.45) is 5.36. The molecule has 3 fully saturated rings. The monoisotopic (exact) mass is 621 g/mol. The van der Waals surface area contributed by atoms with Crippen LogP contribution in [0.25, 0.3) is 10.9 Å². The predicted molar refractivity (Wildman–Crippen MR) is 187 cm³/mol. The van der Waals surface area contributed by atoms with Crippen molar-refractivity contribution in [2.75, 3.05) is 88.3 Å². The number of aromatic nitrogens is 1. The number of anilines is 2. The van der Waals surface area contributed by atoms with Gasteiger partial charge in [0, 0.05) is 99.5 Å². The van der Waals surface area contributed by atoms with Crippen LogP contribution in [0.4, 0.5) is 11.4 Å². The summed E-state index contributed by atoms with van der Waals surface area (Å²) in [6.45, 7) is 11.2. The number of rotatable bonds is 8. The van der Waals surface area contributed by atoms with E-state index in [1.54, 1.807) is 4.90 Å². The number of carbonyl (C=O) groups excluding carboxylic acids is 2. The molecule has 4 heterocycles. The van der Waals surface area contributed by atoms with Crippen LogP contribution in [0.15, 0.2) is 85.1 Å². The Kier molecular flexibility index (Phi) is 10.9. The number of unbranched alkanes of at least 4 members (excludes halogenated alkanes) is 1. The van der Waals surface area contributed by atoms with Gasteiger partial charge in [-0.05, 0) is 73.8 Å². The van der Waals surface area contributed by atoms with Gasteiger partial charge in [0.1, 0.15) is 0 Å². The van der Waals surface area contributed by atoms with Crippen LogP contribution in [-0.4, -0.2) is 105 Å². The second kappa shape index (κ2) is 15.8. The summed E-state index contributed by atoms with van der Waals surface area (Å²) in [7, 11) is 0. The molecule has 0 aliphatic carbocycles. The molecule has 0 bridgehead atoms. The lowest BCUT2D eigenvalue weighted by Gasteiger charge is -2.36. The molecular weight excluding hydrogens is 574 g/mol. The first-order valence-corrected chi connectivity index (χ1v) is 16.8. The van der Waals surface area contributed by atoms with Gasteiger partial charge in [0.25, 0.3) is 5.91 Å². The van der Waals surface area contributed by atoms with Crippen LogP contribution < -0.4 is 20.4 Å². The van der Waals surface area contributed by atoms with E-state index < -0.39 is 0 Å². The van der Waals surface area contributed by atoms with Crippen LogP contribution >= 0.6 is 0 Å². The highest BCUT2D eigenvalue weighted by molar-refractivity contribution is 6.00. The van der Waals surface area contributed by atoms with Gasteiger partial charge in [-0.1, -0.05) is 36.4 Å². The third-order valence-electron chi connectivity index (χ3n) is 9.24. The third-order valence-corrected chi connectivity index (χ3v) is 9.24. The largest absolute Gasteiger partial charge is 0.369 e. The quantitative estimate of drug-likeness (QED) is 0.258. The van der Waals surface area contributed by atoms with E-state index in [0.29, 0.717) is 18.7 Å². The normalized spacial score (nSPS) is 17.4. The van der Waals surface area contributed by atoms with Crippen molar-refractivity contribution in [3.8, 4) is 0 Å². The molecule has 0 radical (unpaired) electrons. The Bertz CT molecular complexity index is 1540. The van der Waals surface area contributed by atoms with Gasteiger partial charge in [-0.15, -0.1) is 0 Å². The average molecular weight is 622 g/mol. The van der Waals surface area contributed by atoms with Gasteiger partial charge in [0.05, 0.1) is 6.54 Å². The summed E-state index contributed by atoms with van der Waals surface area (Å²) < 4.78 is 0. The molecule has 0 saturated carbocycles. The van der Waals surface area contributed by atoms with E-state index >= 15 is 0 Å². The van der Waals surface area contributed by atoms with Crippen LogP contribution in [0, 0.1) is 0 Å². The van der Waals surface area contributed by atoms with Crippen molar-refractivity contribution in [1.29, 1.82) is 0 Å². The Morgan fingerprint density at radius 2 is 1.39 bits per heavy atom. The van der Waals surface area contributed by atoms with E-state index in [1.807, 2.05) is 18.2 Å². The van der Waals surface area contributed by atoms with E-state index in [9.17, 15) is 9.59 Å². The second-order valence-corrected chi connectivity index (χ2v) is 12.3. The summed E-state index contributed by atoms with van der Waals surface area (Å²) in [5.74, 6) is -0.164. The molecule has 3 saturated heterocycles. The molecule has 0 atom stereocenters. The molecule has 3 aromatic carbocycles. The van der Waals surface area contributed by atoms with Crippen molar-refractivity contribution in [2.24, 2.45) is 0 Å². The molecule has 1 aromatic heterocycles. The molecule has 3 aliphatic rings. The Hall–Kier alpha value is -4.34. The highest BCUT2D eigenvalue weighted by Gasteiger charge is 2.23. The maximum Gasteiger partial charge on any atom is 0.254 e. The summed E-state index contributed by atoms with van der Waals surface area (Å²) in [4.78, 5) is 37.0. The fraction of sp³-hybridized carbons (Fsp3) is 0.405. The van der Waals surface area contributed by atoms with E-state index in [2.05, 4.69) is 97.2 Å². The van der Waals surface area contributed by atoms with Gasteiger partial charge in [0.15, 0.2) is 0 Å². The Morgan fingerprint density at radius 3 is 2.07 bits per heavy atom. The third kappa shape index (κ3) is 8.27. The molecule has 46 heavy (non-hydrogen) atoms. The van der Waals surface area contributed by atoms with Crippen LogP contribution in [0.2, 0.25) is 0 Å². The summed E-state index contributed by atoms with van der Waals surface area (Å²) in [6, 6.07) is 27.1. The highest BCUT2D eigenvalue weighted by atomic mass is 16.2. The van der Waals surface area contributed by atoms with Crippen LogP contribution in [0.3, 0.4) is 0 Å². The SMILES string of the molecule is O=C1CN(C(=O)c2ccc3[nH]cc(CCCCN4CCN(c5ccccc5)CC4)c3c2)CCN1.c1ccc(N2CCNCC2)cc1. The Labute approximate surface area is 272 Å². The van der Waals surface area contributed by atoms with E-state index in [4.69, 9.17) is 0 Å². The number of para-hydroxylation sites is 2. The Morgan fingerprint density at radius 1 is 0.717 bits per heavy atom. The summed E-state index contributed by atoms with van der Waals surface area (Å²) in [5.41, 5.74) is 5.64. The minimum Gasteiger partial charge on any atom is -0.369 e. The molecule has 9 nitrogen and oxygen atoms in total. The van der Waals surface area contributed by atoms with Gasteiger partial charge < -0.3 is 30.3 Å². The van der Waals surface area contributed by atoms with Gasteiger partial charge in [0.2, 0.25) is 5.91 Å². The van der Waals surface area contributed by atoms with Gasteiger partial charge >= 0.3 is 0 Å². The fourth-order valence-corrected chi connectivity index (χ4v) is 6.59. The lowest BCUT2D eigenvalue weighted by Crippen LogP contribution is -2.49. The van der Waals surface area contributed by atoms with Gasteiger partial charge in [-0.2, -0.15) is 0 Å². The number of nitrogens with zero attached hydrogens (tertiary/aromatic N) is 4. The number of hydrogen-bond donors (Lipinski definition) is 3. The van der Waals surface area contributed by atoms with Gasteiger partial charge in [-0.3, -0.25) is 14.5 Å². The smallest absolute Gasteiger partial charge is 0.254 e.